The van der Waals surface area contributed by atoms with Crippen LogP contribution in [0.4, 0.5) is 20.4 Å². The van der Waals surface area contributed by atoms with Crippen LogP contribution in [-0.4, -0.2) is 70.8 Å². The van der Waals surface area contributed by atoms with E-state index in [9.17, 15) is 4.39 Å². The first-order valence-electron chi connectivity index (χ1n) is 16.3. The van der Waals surface area contributed by atoms with Gasteiger partial charge in [-0.15, -0.1) is 6.42 Å². The van der Waals surface area contributed by atoms with E-state index in [1.165, 1.54) is 6.07 Å². The molecule has 0 unspecified atom stereocenters. The van der Waals surface area contributed by atoms with Crippen LogP contribution in [0, 0.1) is 24.0 Å². The van der Waals surface area contributed by atoms with Crippen molar-refractivity contribution in [2.24, 2.45) is 0 Å². The second kappa shape index (κ2) is 12.1. The zero-order valence-corrected chi connectivity index (χ0v) is 27.0. The summed E-state index contributed by atoms with van der Waals surface area (Å²) in [4.78, 5) is 18.9. The number of hydrogen-bond donors (Lipinski definition) is 2. The third-order valence-corrected chi connectivity index (χ3v) is 10.5. The number of terminal acetylenes is 1. The average Bonchev–Trinajstić information content (AvgIpc) is 3.60. The first-order valence-corrected chi connectivity index (χ1v) is 16.7. The zero-order chi connectivity index (χ0) is 32.2. The molecule has 0 aliphatic carbocycles. The third-order valence-electron chi connectivity index (χ3n) is 10.1. The molecule has 0 saturated carbocycles. The summed E-state index contributed by atoms with van der Waals surface area (Å²) in [5.74, 6) is 1.88. The Morgan fingerprint density at radius 1 is 1.13 bits per heavy atom. The maximum atomic E-state index is 17.1. The lowest BCUT2D eigenvalue weighted by atomic mass is 9.94. The minimum atomic E-state index is -0.691. The van der Waals surface area contributed by atoms with E-state index < -0.39 is 11.6 Å². The van der Waals surface area contributed by atoms with Gasteiger partial charge in [-0.25, -0.2) is 13.8 Å². The maximum absolute atomic E-state index is 17.1. The van der Waals surface area contributed by atoms with Crippen LogP contribution in [0.5, 0.6) is 6.01 Å². The molecule has 8 rings (SSSR count). The SMILES string of the molecule is C#Cc1c(F)ccc2cc(N)nc(-c3c(Cl)c4c5c(nc(OCC67CCCN6CCC7)nc5c3F)N3CCNC[C@H]3CC4)c12.CC. The van der Waals surface area contributed by atoms with Crippen molar-refractivity contribution in [3.8, 4) is 29.6 Å². The summed E-state index contributed by atoms with van der Waals surface area (Å²) in [5, 5.41) is 5.04. The van der Waals surface area contributed by atoms with Crippen molar-refractivity contribution in [1.29, 1.82) is 0 Å². The summed E-state index contributed by atoms with van der Waals surface area (Å²) in [6.45, 7) is 8.84. The van der Waals surface area contributed by atoms with Gasteiger partial charge in [-0.1, -0.05) is 37.4 Å². The number of hydrogen-bond acceptors (Lipinski definition) is 8. The molecule has 4 aliphatic rings. The number of benzene rings is 2. The van der Waals surface area contributed by atoms with Gasteiger partial charge in [0.05, 0.1) is 32.8 Å². The predicted molar refractivity (Wildman–Crippen MR) is 179 cm³/mol. The third kappa shape index (κ3) is 4.83. The van der Waals surface area contributed by atoms with Gasteiger partial charge < -0.3 is 20.7 Å². The predicted octanol–water partition coefficient (Wildman–Crippen LogP) is 6.10. The number of nitrogens with one attached hydrogen (secondary N) is 1. The molecule has 3 N–H and O–H groups in total. The Balaban J connectivity index is 0.00000166. The van der Waals surface area contributed by atoms with Gasteiger partial charge in [0.1, 0.15) is 29.6 Å². The minimum absolute atomic E-state index is 0.00137. The number of halogens is 3. The van der Waals surface area contributed by atoms with Crippen molar-refractivity contribution in [2.75, 3.05) is 50.0 Å². The van der Waals surface area contributed by atoms with Gasteiger partial charge in [0.15, 0.2) is 5.82 Å². The Labute approximate surface area is 272 Å². The molecule has 0 spiro atoms. The molecule has 6 heterocycles. The fourth-order valence-corrected chi connectivity index (χ4v) is 8.35. The number of pyridine rings is 1. The van der Waals surface area contributed by atoms with Crippen LogP contribution in [-0.2, 0) is 6.42 Å². The molecule has 240 valence electrons. The number of fused-ring (bicyclic) bond motifs is 4. The normalized spacial score (nSPS) is 20.1. The van der Waals surface area contributed by atoms with E-state index in [4.69, 9.17) is 38.5 Å². The first kappa shape index (κ1) is 30.9. The van der Waals surface area contributed by atoms with Gasteiger partial charge >= 0.3 is 6.01 Å². The number of rotatable bonds is 4. The molecule has 0 radical (unpaired) electrons. The zero-order valence-electron chi connectivity index (χ0n) is 26.2. The molecule has 4 aromatic rings. The van der Waals surface area contributed by atoms with Gasteiger partial charge in [0.25, 0.3) is 0 Å². The Morgan fingerprint density at radius 2 is 1.91 bits per heavy atom. The van der Waals surface area contributed by atoms with Gasteiger partial charge in [-0.05, 0) is 74.7 Å². The molecule has 3 saturated heterocycles. The topological polar surface area (TPSA) is 92.4 Å². The second-order valence-corrected chi connectivity index (χ2v) is 12.8. The van der Waals surface area contributed by atoms with Crippen LogP contribution in [0.25, 0.3) is 32.9 Å². The van der Waals surface area contributed by atoms with Gasteiger partial charge in [0, 0.05) is 31.1 Å². The molecule has 2 aromatic carbocycles. The van der Waals surface area contributed by atoms with Crippen LogP contribution in [0.2, 0.25) is 5.02 Å². The van der Waals surface area contributed by atoms with Crippen molar-refractivity contribution in [3.05, 3.63) is 46.0 Å². The lowest BCUT2D eigenvalue weighted by Gasteiger charge is -2.36. The highest BCUT2D eigenvalue weighted by Crippen LogP contribution is 2.47. The van der Waals surface area contributed by atoms with Crippen LogP contribution in [0.3, 0.4) is 0 Å². The molecule has 3 fully saturated rings. The molecular formula is C35H38ClF2N7O. The molecule has 1 atom stereocenters. The lowest BCUT2D eigenvalue weighted by Crippen LogP contribution is -2.51. The highest BCUT2D eigenvalue weighted by atomic mass is 35.5. The van der Waals surface area contributed by atoms with Gasteiger partial charge in [-0.3, -0.25) is 4.90 Å². The van der Waals surface area contributed by atoms with E-state index in [0.29, 0.717) is 36.2 Å². The van der Waals surface area contributed by atoms with Crippen LogP contribution < -0.4 is 20.7 Å². The summed E-state index contributed by atoms with van der Waals surface area (Å²) >= 11 is 7.15. The number of nitrogen functional groups attached to an aromatic ring is 1. The quantitative estimate of drug-likeness (QED) is 0.258. The van der Waals surface area contributed by atoms with Crippen molar-refractivity contribution >= 4 is 44.9 Å². The number of nitrogens with two attached hydrogens (primary N) is 1. The van der Waals surface area contributed by atoms with E-state index in [1.54, 1.807) is 12.1 Å². The van der Waals surface area contributed by atoms with Crippen molar-refractivity contribution < 1.29 is 13.5 Å². The van der Waals surface area contributed by atoms with E-state index in [2.05, 4.69) is 26.0 Å². The Morgan fingerprint density at radius 3 is 2.67 bits per heavy atom. The molecular weight excluding hydrogens is 608 g/mol. The fourth-order valence-electron chi connectivity index (χ4n) is 7.99. The van der Waals surface area contributed by atoms with E-state index in [-0.39, 0.29) is 56.2 Å². The molecule has 0 amide bonds. The average molecular weight is 646 g/mol. The molecule has 46 heavy (non-hydrogen) atoms. The number of aromatic nitrogens is 3. The Bertz CT molecular complexity index is 1880. The number of nitrogens with zero attached hydrogens (tertiary/aromatic N) is 5. The van der Waals surface area contributed by atoms with Crippen molar-refractivity contribution in [3.63, 3.8) is 0 Å². The summed E-state index contributed by atoms with van der Waals surface area (Å²) < 4.78 is 38.5. The number of piperazine rings is 1. The molecule has 2 aromatic heterocycles. The number of anilines is 2. The summed E-state index contributed by atoms with van der Waals surface area (Å²) in [5.41, 5.74) is 7.05. The highest BCUT2D eigenvalue weighted by molar-refractivity contribution is 6.36. The summed E-state index contributed by atoms with van der Waals surface area (Å²) in [7, 11) is 0. The summed E-state index contributed by atoms with van der Waals surface area (Å²) in [6.07, 6.45) is 11.5. The molecule has 11 heteroatoms. The number of ether oxygens (including phenoxy) is 1. The second-order valence-electron chi connectivity index (χ2n) is 12.4. The van der Waals surface area contributed by atoms with Crippen LogP contribution >= 0.6 is 11.6 Å². The Kier molecular flexibility index (Phi) is 8.12. The minimum Gasteiger partial charge on any atom is -0.461 e. The van der Waals surface area contributed by atoms with Crippen LogP contribution in [0.1, 0.15) is 57.1 Å². The molecule has 8 nitrogen and oxygen atoms in total. The van der Waals surface area contributed by atoms with E-state index in [0.717, 1.165) is 63.8 Å². The molecule has 0 bridgehead atoms. The largest absolute Gasteiger partial charge is 0.461 e. The smallest absolute Gasteiger partial charge is 0.319 e. The van der Waals surface area contributed by atoms with Crippen molar-refractivity contribution in [1.82, 2.24) is 25.2 Å². The lowest BCUT2D eigenvalue weighted by molar-refractivity contribution is 0.108. The molecule has 4 aliphatic heterocycles. The summed E-state index contributed by atoms with van der Waals surface area (Å²) in [6, 6.07) is 4.69. The number of aryl methyl sites for hydroxylation is 1. The Hall–Kier alpha value is -3.78. The van der Waals surface area contributed by atoms with Crippen LogP contribution in [0.15, 0.2) is 18.2 Å². The maximum Gasteiger partial charge on any atom is 0.319 e. The van der Waals surface area contributed by atoms with E-state index in [1.807, 2.05) is 13.8 Å². The monoisotopic (exact) mass is 645 g/mol. The van der Waals surface area contributed by atoms with Gasteiger partial charge in [-0.2, -0.15) is 9.97 Å². The fraction of sp³-hybridized carbons (Fsp3) is 0.457. The standard InChI is InChI=1S/C33H32ClF2N7O.C2H6/c1-2-20-22(35)8-5-18-15-23(37)39-29(24(18)20)26-27(34)21-7-6-19-16-38-11-14-43(19)31-25(21)30(28(26)36)40-32(41-31)44-17-33-9-3-12-42(33)13-4-10-33;1-2/h1,5,8,15,19,38H,3-4,6-7,9-14,16-17H2,(H2,37,39);1-2H3/t19-;/m1./s1. The highest BCUT2D eigenvalue weighted by Gasteiger charge is 2.45. The first-order chi connectivity index (χ1) is 22.4. The van der Waals surface area contributed by atoms with Gasteiger partial charge in [0.2, 0.25) is 0 Å². The van der Waals surface area contributed by atoms with E-state index >= 15 is 4.39 Å². The van der Waals surface area contributed by atoms with Crippen molar-refractivity contribution in [2.45, 2.75) is 64.0 Å².